The minimum absolute atomic E-state index is 0.308. The van der Waals surface area contributed by atoms with Gasteiger partial charge in [-0.2, -0.15) is 0 Å². The van der Waals surface area contributed by atoms with Crippen LogP contribution in [0.5, 0.6) is 5.75 Å². The van der Waals surface area contributed by atoms with Gasteiger partial charge < -0.3 is 19.8 Å². The van der Waals surface area contributed by atoms with Crippen molar-refractivity contribution in [3.8, 4) is 5.75 Å². The molecule has 0 saturated carbocycles. The zero-order chi connectivity index (χ0) is 20.7. The Kier molecular flexibility index (Phi) is 5.50. The van der Waals surface area contributed by atoms with Gasteiger partial charge in [0.05, 0.1) is 24.0 Å². The molecule has 0 atom stereocenters. The van der Waals surface area contributed by atoms with Gasteiger partial charge in [-0.15, -0.1) is 0 Å². The molecule has 1 fully saturated rings. The van der Waals surface area contributed by atoms with Crippen molar-refractivity contribution in [1.82, 2.24) is 0 Å². The maximum atomic E-state index is 6.45. The molecule has 0 spiro atoms. The van der Waals surface area contributed by atoms with E-state index in [1.165, 1.54) is 0 Å². The lowest BCUT2D eigenvalue weighted by molar-refractivity contribution is 0.00578. The Morgan fingerprint density at radius 3 is 2.29 bits per heavy atom. The van der Waals surface area contributed by atoms with Crippen LogP contribution in [0, 0.1) is 6.92 Å². The number of ether oxygens (including phenoxy) is 1. The fourth-order valence-electron chi connectivity index (χ4n) is 2.94. The molecule has 2 N–H and O–H groups in total. The minimum atomic E-state index is -0.411. The van der Waals surface area contributed by atoms with Gasteiger partial charge in [0.15, 0.2) is 0 Å². The number of hydrogen-bond acceptors (Lipinski definition) is 5. The van der Waals surface area contributed by atoms with Crippen LogP contribution in [0.1, 0.15) is 38.8 Å². The summed E-state index contributed by atoms with van der Waals surface area (Å²) in [4.78, 5) is 4.55. The molecule has 0 aliphatic carbocycles. The van der Waals surface area contributed by atoms with E-state index in [-0.39, 0.29) is 11.2 Å². The van der Waals surface area contributed by atoms with Crippen molar-refractivity contribution < 1.29 is 14.0 Å². The molecule has 1 aliphatic heterocycles. The fourth-order valence-corrected chi connectivity index (χ4v) is 3.19. The monoisotopic (exact) mass is 400 g/mol. The van der Waals surface area contributed by atoms with Gasteiger partial charge in [0, 0.05) is 11.3 Å². The highest BCUT2D eigenvalue weighted by Gasteiger charge is 2.51. The standard InChI is InChI=1S/C21H26BClN2O3/c1-13-11-14(22-27-20(2,3)21(4,5)28-22)7-10-18(13)25-19(23)16-12-15(26-6)8-9-17(16)24/h7-12H,24H2,1-6H3. The summed E-state index contributed by atoms with van der Waals surface area (Å²) < 4.78 is 17.5. The molecule has 7 heteroatoms. The van der Waals surface area contributed by atoms with Crippen molar-refractivity contribution in [3.05, 3.63) is 47.5 Å². The van der Waals surface area contributed by atoms with Crippen molar-refractivity contribution >= 4 is 40.7 Å². The summed E-state index contributed by atoms with van der Waals surface area (Å²) in [7, 11) is 1.19. The molecule has 0 unspecified atom stereocenters. The van der Waals surface area contributed by atoms with E-state index in [1.807, 2.05) is 52.8 Å². The number of rotatable bonds is 4. The third-order valence-electron chi connectivity index (χ3n) is 5.45. The molecule has 0 bridgehead atoms. The van der Waals surface area contributed by atoms with Gasteiger partial charge in [0.2, 0.25) is 0 Å². The number of methoxy groups -OCH3 is 1. The van der Waals surface area contributed by atoms with Gasteiger partial charge in [-0.25, -0.2) is 4.99 Å². The van der Waals surface area contributed by atoms with Crippen molar-refractivity contribution in [2.75, 3.05) is 12.8 Å². The maximum absolute atomic E-state index is 6.45. The van der Waals surface area contributed by atoms with Crippen LogP contribution in [0.25, 0.3) is 0 Å². The van der Waals surface area contributed by atoms with Crippen LogP contribution < -0.4 is 15.9 Å². The number of anilines is 1. The van der Waals surface area contributed by atoms with Gasteiger partial charge in [-0.1, -0.05) is 23.7 Å². The SMILES string of the molecule is COc1ccc(N)c(C(Cl)=Nc2ccc(B3OC(C)(C)C(C)(C)O3)cc2C)c1. The van der Waals surface area contributed by atoms with Crippen molar-refractivity contribution in [1.29, 1.82) is 0 Å². The van der Waals surface area contributed by atoms with Crippen LogP contribution in [0.3, 0.4) is 0 Å². The van der Waals surface area contributed by atoms with Crippen LogP contribution in [-0.2, 0) is 9.31 Å². The topological polar surface area (TPSA) is 66.1 Å². The van der Waals surface area contributed by atoms with Gasteiger partial charge in [-0.05, 0) is 69.9 Å². The Morgan fingerprint density at radius 2 is 1.71 bits per heavy atom. The molecule has 2 aromatic rings. The van der Waals surface area contributed by atoms with Crippen molar-refractivity contribution in [3.63, 3.8) is 0 Å². The first-order valence-corrected chi connectivity index (χ1v) is 9.56. The molecule has 2 aromatic carbocycles. The molecule has 28 heavy (non-hydrogen) atoms. The number of halogens is 1. The van der Waals surface area contributed by atoms with E-state index >= 15 is 0 Å². The number of nitrogen functional groups attached to an aromatic ring is 1. The number of hydrogen-bond donors (Lipinski definition) is 1. The second-order valence-corrected chi connectivity index (χ2v) is 8.35. The Morgan fingerprint density at radius 1 is 1.07 bits per heavy atom. The summed E-state index contributed by atoms with van der Waals surface area (Å²) in [5.41, 5.74) is 9.13. The van der Waals surface area contributed by atoms with E-state index < -0.39 is 7.12 Å². The highest BCUT2D eigenvalue weighted by molar-refractivity contribution is 6.70. The van der Waals surface area contributed by atoms with Crippen LogP contribution in [0.2, 0.25) is 0 Å². The smallest absolute Gasteiger partial charge is 0.494 e. The van der Waals surface area contributed by atoms with E-state index in [0.29, 0.717) is 22.2 Å². The fraction of sp³-hybridized carbons (Fsp3) is 0.381. The van der Waals surface area contributed by atoms with Gasteiger partial charge >= 0.3 is 7.12 Å². The first-order valence-electron chi connectivity index (χ1n) is 9.18. The predicted octanol–water partition coefficient (Wildman–Crippen LogP) is 4.20. The number of nitrogens with zero attached hydrogens (tertiary/aromatic N) is 1. The lowest BCUT2D eigenvalue weighted by Gasteiger charge is -2.32. The first-order chi connectivity index (χ1) is 13.0. The van der Waals surface area contributed by atoms with Crippen LogP contribution in [0.4, 0.5) is 11.4 Å². The van der Waals surface area contributed by atoms with Gasteiger partial charge in [-0.3, -0.25) is 0 Å². The van der Waals surface area contributed by atoms with Crippen LogP contribution in [-0.4, -0.2) is 30.6 Å². The number of benzene rings is 2. The summed E-state index contributed by atoms with van der Waals surface area (Å²) in [6, 6.07) is 11.2. The Balaban J connectivity index is 1.88. The zero-order valence-electron chi connectivity index (χ0n) is 17.2. The molecule has 0 radical (unpaired) electrons. The van der Waals surface area contributed by atoms with E-state index in [9.17, 15) is 0 Å². The maximum Gasteiger partial charge on any atom is 0.494 e. The van der Waals surface area contributed by atoms with E-state index in [2.05, 4.69) is 4.99 Å². The summed E-state index contributed by atoms with van der Waals surface area (Å²) in [5.74, 6) is 0.672. The molecule has 1 saturated heterocycles. The van der Waals surface area contributed by atoms with Gasteiger partial charge in [0.25, 0.3) is 0 Å². The molecule has 0 amide bonds. The lowest BCUT2D eigenvalue weighted by Crippen LogP contribution is -2.41. The quantitative estimate of drug-likeness (QED) is 0.474. The molecule has 1 aliphatic rings. The van der Waals surface area contributed by atoms with E-state index in [1.54, 1.807) is 25.3 Å². The molecule has 1 heterocycles. The molecule has 148 valence electrons. The number of nitrogens with two attached hydrogens (primary N) is 1. The van der Waals surface area contributed by atoms with E-state index in [4.69, 9.17) is 31.4 Å². The second-order valence-electron chi connectivity index (χ2n) is 7.99. The normalized spacial score (nSPS) is 18.4. The van der Waals surface area contributed by atoms with Crippen molar-refractivity contribution in [2.45, 2.75) is 45.8 Å². The molecule has 0 aromatic heterocycles. The van der Waals surface area contributed by atoms with E-state index in [0.717, 1.165) is 16.7 Å². The highest BCUT2D eigenvalue weighted by Crippen LogP contribution is 2.36. The second kappa shape index (κ2) is 7.43. The van der Waals surface area contributed by atoms with Crippen LogP contribution >= 0.6 is 11.6 Å². The average molecular weight is 401 g/mol. The molecule has 5 nitrogen and oxygen atoms in total. The summed E-state index contributed by atoms with van der Waals surface area (Å²) in [5, 5.41) is 0.308. The summed E-state index contributed by atoms with van der Waals surface area (Å²) in [6.45, 7) is 10.1. The lowest BCUT2D eigenvalue weighted by atomic mass is 9.78. The highest BCUT2D eigenvalue weighted by atomic mass is 35.5. The van der Waals surface area contributed by atoms with Crippen LogP contribution in [0.15, 0.2) is 41.4 Å². The predicted molar refractivity (Wildman–Crippen MR) is 116 cm³/mol. The third kappa shape index (κ3) is 3.90. The van der Waals surface area contributed by atoms with Crippen molar-refractivity contribution in [2.24, 2.45) is 4.99 Å². The molecule has 3 rings (SSSR count). The Labute approximate surface area is 172 Å². The zero-order valence-corrected chi connectivity index (χ0v) is 17.9. The molecular weight excluding hydrogens is 375 g/mol. The number of aliphatic imine (C=N–C) groups is 1. The van der Waals surface area contributed by atoms with Gasteiger partial charge in [0.1, 0.15) is 10.9 Å². The number of aryl methyl sites for hydroxylation is 1. The average Bonchev–Trinajstić information content (AvgIpc) is 2.84. The first kappa shape index (κ1) is 20.7. The third-order valence-corrected chi connectivity index (χ3v) is 5.74. The minimum Gasteiger partial charge on any atom is -0.497 e. The molecular formula is C21H26BClN2O3. The Bertz CT molecular complexity index is 912. The Hall–Kier alpha value is -2.02. The summed E-state index contributed by atoms with van der Waals surface area (Å²) in [6.07, 6.45) is 0. The summed E-state index contributed by atoms with van der Waals surface area (Å²) >= 11 is 6.45. The largest absolute Gasteiger partial charge is 0.497 e.